The zero-order chi connectivity index (χ0) is 29.2. The maximum atomic E-state index is 13.5. The third kappa shape index (κ3) is 5.28. The largest absolute Gasteiger partial charge is 0.417 e. The van der Waals surface area contributed by atoms with Crippen LogP contribution in [0.25, 0.3) is 0 Å². The van der Waals surface area contributed by atoms with E-state index in [1.165, 1.54) is 30.9 Å². The Labute approximate surface area is 227 Å². The molecule has 3 aromatic carbocycles. The number of rotatable bonds is 5. The van der Waals surface area contributed by atoms with Gasteiger partial charge >= 0.3 is 18.2 Å². The Balaban J connectivity index is 1.60. The van der Waals surface area contributed by atoms with Gasteiger partial charge in [0.1, 0.15) is 5.54 Å². The molecule has 40 heavy (non-hydrogen) atoms. The molecule has 0 saturated carbocycles. The van der Waals surface area contributed by atoms with E-state index in [9.17, 15) is 27.6 Å². The number of nitriles is 2. The number of carbonyl (C=O) groups is 3. The minimum atomic E-state index is -4.87. The Morgan fingerprint density at radius 3 is 2.35 bits per heavy atom. The third-order valence-electron chi connectivity index (χ3n) is 6.35. The summed E-state index contributed by atoms with van der Waals surface area (Å²) in [5.74, 6) is -0.754. The van der Waals surface area contributed by atoms with E-state index in [1.54, 1.807) is 42.5 Å². The van der Waals surface area contributed by atoms with E-state index in [0.717, 1.165) is 12.1 Å². The maximum absolute atomic E-state index is 13.5. The first-order valence-corrected chi connectivity index (χ1v) is 11.8. The average Bonchev–Trinajstić information content (AvgIpc) is 3.07. The summed E-state index contributed by atoms with van der Waals surface area (Å²) in [5, 5.41) is 23.4. The van der Waals surface area contributed by atoms with Crippen molar-refractivity contribution in [2.24, 2.45) is 0 Å². The van der Waals surface area contributed by atoms with Gasteiger partial charge < -0.3 is 15.5 Å². The molecule has 4 rings (SSSR count). The maximum Gasteiger partial charge on any atom is 0.417 e. The summed E-state index contributed by atoms with van der Waals surface area (Å²) < 4.78 is 40.6. The van der Waals surface area contributed by atoms with Crippen molar-refractivity contribution in [1.29, 1.82) is 10.5 Å². The van der Waals surface area contributed by atoms with Crippen LogP contribution in [0.5, 0.6) is 0 Å². The van der Waals surface area contributed by atoms with Gasteiger partial charge in [0.2, 0.25) is 0 Å². The predicted molar refractivity (Wildman–Crippen MR) is 139 cm³/mol. The van der Waals surface area contributed by atoms with Gasteiger partial charge in [-0.05, 0) is 61.9 Å². The van der Waals surface area contributed by atoms with Crippen molar-refractivity contribution in [3.8, 4) is 12.1 Å². The number of para-hydroxylation sites is 1. The first-order chi connectivity index (χ1) is 18.9. The molecule has 1 aliphatic rings. The summed E-state index contributed by atoms with van der Waals surface area (Å²) in [4.78, 5) is 41.2. The highest BCUT2D eigenvalue weighted by atomic mass is 19.4. The van der Waals surface area contributed by atoms with Crippen LogP contribution in [0, 0.1) is 22.7 Å². The van der Waals surface area contributed by atoms with Crippen LogP contribution >= 0.6 is 0 Å². The Morgan fingerprint density at radius 1 is 0.950 bits per heavy atom. The van der Waals surface area contributed by atoms with Crippen LogP contribution < -0.4 is 15.5 Å². The number of urea groups is 2. The summed E-state index contributed by atoms with van der Waals surface area (Å²) in [6.45, 7) is 2.77. The summed E-state index contributed by atoms with van der Waals surface area (Å²) in [7, 11) is 0. The van der Waals surface area contributed by atoms with E-state index in [1.807, 2.05) is 6.07 Å². The number of imide groups is 1. The van der Waals surface area contributed by atoms with Crippen LogP contribution in [0.15, 0.2) is 66.7 Å². The topological polar surface area (TPSA) is 129 Å². The second kappa shape index (κ2) is 10.4. The molecule has 0 radical (unpaired) electrons. The minimum Gasteiger partial charge on any atom is -0.308 e. The molecule has 0 spiro atoms. The summed E-state index contributed by atoms with van der Waals surface area (Å²) >= 11 is 0. The Kier molecular flexibility index (Phi) is 7.21. The fourth-order valence-corrected chi connectivity index (χ4v) is 4.23. The zero-order valence-electron chi connectivity index (χ0n) is 21.2. The fourth-order valence-electron chi connectivity index (χ4n) is 4.23. The van der Waals surface area contributed by atoms with E-state index in [2.05, 4.69) is 10.6 Å². The monoisotopic (exact) mass is 546 g/mol. The molecular formula is C28H21F3N6O3. The fraction of sp³-hybridized carbons (Fsp3) is 0.179. The normalized spacial score (nSPS) is 14.5. The predicted octanol–water partition coefficient (Wildman–Crippen LogP) is 5.84. The van der Waals surface area contributed by atoms with Gasteiger partial charge in [0.05, 0.1) is 41.1 Å². The molecule has 9 nitrogen and oxygen atoms in total. The number of nitrogens with one attached hydrogen (secondary N) is 2. The van der Waals surface area contributed by atoms with Gasteiger partial charge in [0, 0.05) is 11.4 Å². The summed E-state index contributed by atoms with van der Waals surface area (Å²) in [5.41, 5.74) is -2.15. The summed E-state index contributed by atoms with van der Waals surface area (Å²) in [6, 6.07) is 17.4. The zero-order valence-corrected chi connectivity index (χ0v) is 21.2. The molecule has 0 atom stereocenters. The number of hydrogen-bond donors (Lipinski definition) is 2. The quantitative estimate of drug-likeness (QED) is 0.389. The number of amides is 5. The summed E-state index contributed by atoms with van der Waals surface area (Å²) in [6.07, 6.45) is -4.87. The number of hydrogen-bond acceptors (Lipinski definition) is 5. The number of carbonyl (C=O) groups excluding carboxylic acids is 3. The number of anilines is 3. The molecule has 0 aliphatic carbocycles. The highest BCUT2D eigenvalue weighted by Gasteiger charge is 2.52. The van der Waals surface area contributed by atoms with Crippen molar-refractivity contribution >= 4 is 35.0 Å². The molecule has 0 unspecified atom stereocenters. The van der Waals surface area contributed by atoms with Gasteiger partial charge in [-0.25, -0.2) is 14.5 Å². The number of alkyl halides is 3. The minimum absolute atomic E-state index is 0.156. The van der Waals surface area contributed by atoms with Crippen molar-refractivity contribution < 1.29 is 27.6 Å². The lowest BCUT2D eigenvalue weighted by Crippen LogP contribution is -2.43. The standard InChI is InChI=1S/C28H21F3N6O3/c1-27(2)24(38)37(21-11-10-18(15-33)22(13-21)28(29,30)31)26(40)36(27)16-19-7-3-4-9-23(19)35-25(39)34-20-8-5-6-17(12-20)14-32/h3-13H,16H2,1-2H3,(H2,34,35,39). The SMILES string of the molecule is CC1(C)C(=O)N(c2ccc(C#N)c(C(F)(F)F)c2)C(=O)N1Cc1ccccc1NC(=O)Nc1cccc(C#N)c1. The lowest BCUT2D eigenvalue weighted by Gasteiger charge is -2.28. The van der Waals surface area contributed by atoms with Crippen LogP contribution in [0.1, 0.15) is 36.1 Å². The van der Waals surface area contributed by atoms with Crippen molar-refractivity contribution in [3.05, 3.63) is 89.0 Å². The van der Waals surface area contributed by atoms with Gasteiger partial charge in [-0.3, -0.25) is 4.79 Å². The van der Waals surface area contributed by atoms with Gasteiger partial charge in [-0.15, -0.1) is 0 Å². The molecular weight excluding hydrogens is 525 g/mol. The van der Waals surface area contributed by atoms with Crippen LogP contribution in [0.3, 0.4) is 0 Å². The molecule has 2 N–H and O–H groups in total. The van der Waals surface area contributed by atoms with Crippen molar-refractivity contribution in [1.82, 2.24) is 4.90 Å². The smallest absolute Gasteiger partial charge is 0.308 e. The van der Waals surface area contributed by atoms with Gasteiger partial charge in [0.25, 0.3) is 5.91 Å². The molecule has 1 heterocycles. The first-order valence-electron chi connectivity index (χ1n) is 11.8. The molecule has 0 bridgehead atoms. The highest BCUT2D eigenvalue weighted by Crippen LogP contribution is 2.38. The average molecular weight is 547 g/mol. The number of benzene rings is 3. The van der Waals surface area contributed by atoms with Crippen molar-refractivity contribution in [2.45, 2.75) is 32.1 Å². The van der Waals surface area contributed by atoms with Crippen molar-refractivity contribution in [2.75, 3.05) is 15.5 Å². The van der Waals surface area contributed by atoms with Crippen LogP contribution in [-0.4, -0.2) is 28.4 Å². The molecule has 5 amide bonds. The lowest BCUT2D eigenvalue weighted by atomic mass is 10.0. The molecule has 12 heteroatoms. The number of halogens is 3. The number of nitrogens with zero attached hydrogens (tertiary/aromatic N) is 4. The van der Waals surface area contributed by atoms with Crippen molar-refractivity contribution in [3.63, 3.8) is 0 Å². The molecule has 202 valence electrons. The Morgan fingerprint density at radius 2 is 1.68 bits per heavy atom. The van der Waals surface area contributed by atoms with Crippen LogP contribution in [0.2, 0.25) is 0 Å². The van der Waals surface area contributed by atoms with Crippen LogP contribution in [0.4, 0.5) is 39.8 Å². The third-order valence-corrected chi connectivity index (χ3v) is 6.35. The van der Waals surface area contributed by atoms with E-state index in [0.29, 0.717) is 33.5 Å². The lowest BCUT2D eigenvalue weighted by molar-refractivity contribution is -0.137. The van der Waals surface area contributed by atoms with Gasteiger partial charge in [0.15, 0.2) is 0 Å². The molecule has 3 aromatic rings. The van der Waals surface area contributed by atoms with Crippen LogP contribution in [-0.2, 0) is 17.5 Å². The highest BCUT2D eigenvalue weighted by molar-refractivity contribution is 6.23. The van der Waals surface area contributed by atoms with E-state index in [-0.39, 0.29) is 12.2 Å². The van der Waals surface area contributed by atoms with Gasteiger partial charge in [-0.1, -0.05) is 24.3 Å². The Hall–Kier alpha value is -5.36. The molecule has 1 fully saturated rings. The second-order valence-electron chi connectivity index (χ2n) is 9.34. The van der Waals surface area contributed by atoms with E-state index >= 15 is 0 Å². The van der Waals surface area contributed by atoms with E-state index in [4.69, 9.17) is 10.5 Å². The van der Waals surface area contributed by atoms with Gasteiger partial charge in [-0.2, -0.15) is 23.7 Å². The molecule has 1 aliphatic heterocycles. The first kappa shape index (κ1) is 27.7. The second-order valence-corrected chi connectivity index (χ2v) is 9.34. The molecule has 0 aromatic heterocycles. The molecule has 1 saturated heterocycles. The Bertz CT molecular complexity index is 1600. The van der Waals surface area contributed by atoms with E-state index < -0.39 is 40.8 Å².